The standard InChI is InChI=1S/C13H14FN5/c1-19(8-9-4-2-3-5-10(9)14)13-17-7-6-11(18-13)12(15)16/h2-7H,8H2,1H3,(H3,15,16). The minimum atomic E-state index is -0.267. The number of amidine groups is 1. The first kappa shape index (κ1) is 12.9. The lowest BCUT2D eigenvalue weighted by Crippen LogP contribution is -2.22. The molecule has 0 saturated heterocycles. The van der Waals surface area contributed by atoms with Crippen LogP contribution in [0.4, 0.5) is 10.3 Å². The lowest BCUT2D eigenvalue weighted by Gasteiger charge is -2.17. The molecule has 0 saturated carbocycles. The maximum Gasteiger partial charge on any atom is 0.226 e. The third kappa shape index (κ3) is 3.04. The first-order valence-corrected chi connectivity index (χ1v) is 5.70. The molecule has 0 radical (unpaired) electrons. The minimum Gasteiger partial charge on any atom is -0.382 e. The fourth-order valence-corrected chi connectivity index (χ4v) is 1.64. The quantitative estimate of drug-likeness (QED) is 0.644. The van der Waals surface area contributed by atoms with Gasteiger partial charge < -0.3 is 10.6 Å². The Labute approximate surface area is 110 Å². The SMILES string of the molecule is CN(Cc1ccccc1F)c1nccc(C(=N)N)n1. The van der Waals surface area contributed by atoms with Crippen LogP contribution in [0.25, 0.3) is 0 Å². The van der Waals surface area contributed by atoms with Gasteiger partial charge in [0.05, 0.1) is 0 Å². The monoisotopic (exact) mass is 259 g/mol. The van der Waals surface area contributed by atoms with Crippen LogP contribution < -0.4 is 10.6 Å². The first-order chi connectivity index (χ1) is 9.08. The third-order valence-electron chi connectivity index (χ3n) is 2.63. The smallest absolute Gasteiger partial charge is 0.226 e. The molecule has 0 aliphatic rings. The van der Waals surface area contributed by atoms with E-state index in [4.69, 9.17) is 11.1 Å². The van der Waals surface area contributed by atoms with Gasteiger partial charge in [-0.15, -0.1) is 0 Å². The van der Waals surface area contributed by atoms with Crippen LogP contribution in [0.3, 0.4) is 0 Å². The average molecular weight is 259 g/mol. The van der Waals surface area contributed by atoms with Crippen LogP contribution in [0.1, 0.15) is 11.3 Å². The summed E-state index contributed by atoms with van der Waals surface area (Å²) in [5.74, 6) is 0.0102. The number of hydrogen-bond acceptors (Lipinski definition) is 4. The van der Waals surface area contributed by atoms with Gasteiger partial charge in [0.2, 0.25) is 5.95 Å². The predicted molar refractivity (Wildman–Crippen MR) is 71.6 cm³/mol. The number of rotatable bonds is 4. The lowest BCUT2D eigenvalue weighted by atomic mass is 10.2. The van der Waals surface area contributed by atoms with Gasteiger partial charge in [-0.1, -0.05) is 18.2 Å². The number of nitrogens with zero attached hydrogens (tertiary/aromatic N) is 3. The van der Waals surface area contributed by atoms with Crippen molar-refractivity contribution in [1.82, 2.24) is 9.97 Å². The van der Waals surface area contributed by atoms with E-state index in [-0.39, 0.29) is 11.7 Å². The van der Waals surface area contributed by atoms with Crippen LogP contribution >= 0.6 is 0 Å². The van der Waals surface area contributed by atoms with Gasteiger partial charge in [-0.25, -0.2) is 14.4 Å². The zero-order valence-corrected chi connectivity index (χ0v) is 10.5. The largest absolute Gasteiger partial charge is 0.382 e. The Bertz CT molecular complexity index is 599. The zero-order valence-electron chi connectivity index (χ0n) is 10.5. The molecule has 0 aliphatic carbocycles. The van der Waals surface area contributed by atoms with Crippen LogP contribution in [0.2, 0.25) is 0 Å². The number of nitrogens with two attached hydrogens (primary N) is 1. The molecule has 2 rings (SSSR count). The van der Waals surface area contributed by atoms with Crippen LogP contribution in [-0.2, 0) is 6.54 Å². The fraction of sp³-hybridized carbons (Fsp3) is 0.154. The van der Waals surface area contributed by atoms with Crippen molar-refractivity contribution < 1.29 is 4.39 Å². The number of nitrogen functional groups attached to an aromatic ring is 1. The van der Waals surface area contributed by atoms with Crippen LogP contribution in [0.15, 0.2) is 36.5 Å². The summed E-state index contributed by atoms with van der Waals surface area (Å²) in [6.45, 7) is 0.341. The van der Waals surface area contributed by atoms with E-state index in [0.29, 0.717) is 23.8 Å². The van der Waals surface area contributed by atoms with Gasteiger partial charge in [0, 0.05) is 25.4 Å². The second-order valence-corrected chi connectivity index (χ2v) is 4.10. The van der Waals surface area contributed by atoms with Crippen molar-refractivity contribution in [3.8, 4) is 0 Å². The molecule has 0 aliphatic heterocycles. The van der Waals surface area contributed by atoms with E-state index in [0.717, 1.165) is 0 Å². The second kappa shape index (κ2) is 5.43. The summed E-state index contributed by atoms with van der Waals surface area (Å²) in [5.41, 5.74) is 6.28. The van der Waals surface area contributed by atoms with Crippen LogP contribution in [0.5, 0.6) is 0 Å². The molecular formula is C13H14FN5. The Morgan fingerprint density at radius 3 is 2.79 bits per heavy atom. The summed E-state index contributed by atoms with van der Waals surface area (Å²) in [4.78, 5) is 9.93. The number of halogens is 1. The predicted octanol–water partition coefficient (Wildman–Crippen LogP) is 1.54. The van der Waals surface area contributed by atoms with Crippen molar-refractivity contribution in [3.05, 3.63) is 53.6 Å². The van der Waals surface area contributed by atoms with Crippen molar-refractivity contribution >= 4 is 11.8 Å². The van der Waals surface area contributed by atoms with Crippen LogP contribution in [0, 0.1) is 11.2 Å². The molecule has 98 valence electrons. The molecule has 0 amide bonds. The molecule has 0 atom stereocenters. The van der Waals surface area contributed by atoms with Gasteiger partial charge in [-0.2, -0.15) is 0 Å². The normalized spacial score (nSPS) is 10.2. The fourth-order valence-electron chi connectivity index (χ4n) is 1.64. The van der Waals surface area contributed by atoms with E-state index in [1.54, 1.807) is 36.2 Å². The van der Waals surface area contributed by atoms with Crippen LogP contribution in [-0.4, -0.2) is 22.9 Å². The zero-order chi connectivity index (χ0) is 13.8. The van der Waals surface area contributed by atoms with Crippen molar-refractivity contribution in [3.63, 3.8) is 0 Å². The highest BCUT2D eigenvalue weighted by Crippen LogP contribution is 2.13. The van der Waals surface area contributed by atoms with Gasteiger partial charge in [0.25, 0.3) is 0 Å². The topological polar surface area (TPSA) is 78.9 Å². The van der Waals surface area contributed by atoms with Crippen molar-refractivity contribution in [2.75, 3.05) is 11.9 Å². The van der Waals surface area contributed by atoms with Gasteiger partial charge >= 0.3 is 0 Å². The number of nitrogens with one attached hydrogen (secondary N) is 1. The van der Waals surface area contributed by atoms with E-state index in [9.17, 15) is 4.39 Å². The average Bonchev–Trinajstić information content (AvgIpc) is 2.41. The third-order valence-corrected chi connectivity index (χ3v) is 2.63. The van der Waals surface area contributed by atoms with Crippen molar-refractivity contribution in [2.45, 2.75) is 6.54 Å². The van der Waals surface area contributed by atoms with E-state index >= 15 is 0 Å². The Kier molecular flexibility index (Phi) is 3.70. The first-order valence-electron chi connectivity index (χ1n) is 5.70. The highest BCUT2D eigenvalue weighted by Gasteiger charge is 2.09. The number of aromatic nitrogens is 2. The van der Waals surface area contributed by atoms with E-state index in [2.05, 4.69) is 9.97 Å². The highest BCUT2D eigenvalue weighted by atomic mass is 19.1. The molecular weight excluding hydrogens is 245 g/mol. The molecule has 0 spiro atoms. The number of benzene rings is 1. The summed E-state index contributed by atoms with van der Waals surface area (Å²) >= 11 is 0. The summed E-state index contributed by atoms with van der Waals surface area (Å²) < 4.78 is 13.6. The molecule has 1 heterocycles. The maximum atomic E-state index is 13.6. The molecule has 19 heavy (non-hydrogen) atoms. The Balaban J connectivity index is 2.20. The molecule has 3 N–H and O–H groups in total. The second-order valence-electron chi connectivity index (χ2n) is 4.10. The summed E-state index contributed by atoms with van der Waals surface area (Å²) in [7, 11) is 1.76. The molecule has 0 unspecified atom stereocenters. The summed E-state index contributed by atoms with van der Waals surface area (Å²) in [6, 6.07) is 8.10. The van der Waals surface area contributed by atoms with Crippen molar-refractivity contribution in [2.24, 2.45) is 5.73 Å². The number of anilines is 1. The molecule has 2 aromatic rings. The van der Waals surface area contributed by atoms with E-state index < -0.39 is 0 Å². The van der Waals surface area contributed by atoms with Gasteiger partial charge in [0.1, 0.15) is 17.3 Å². The van der Waals surface area contributed by atoms with Gasteiger partial charge in [-0.05, 0) is 12.1 Å². The molecule has 1 aromatic heterocycles. The Hall–Kier alpha value is -2.50. The Morgan fingerprint density at radius 1 is 1.37 bits per heavy atom. The highest BCUT2D eigenvalue weighted by molar-refractivity contribution is 5.93. The van der Waals surface area contributed by atoms with Crippen molar-refractivity contribution in [1.29, 1.82) is 5.41 Å². The number of hydrogen-bond donors (Lipinski definition) is 2. The molecule has 5 nitrogen and oxygen atoms in total. The molecule has 6 heteroatoms. The minimum absolute atomic E-state index is 0.122. The Morgan fingerprint density at radius 2 is 2.11 bits per heavy atom. The molecule has 0 fully saturated rings. The van der Waals surface area contributed by atoms with Gasteiger partial charge in [0.15, 0.2) is 0 Å². The summed E-state index contributed by atoms with van der Waals surface area (Å²) in [6.07, 6.45) is 1.52. The van der Waals surface area contributed by atoms with Gasteiger partial charge in [-0.3, -0.25) is 5.41 Å². The maximum absolute atomic E-state index is 13.6. The van der Waals surface area contributed by atoms with E-state index in [1.165, 1.54) is 12.3 Å². The van der Waals surface area contributed by atoms with E-state index in [1.807, 2.05) is 0 Å². The lowest BCUT2D eigenvalue weighted by molar-refractivity contribution is 0.607. The molecule has 0 bridgehead atoms. The summed E-state index contributed by atoms with van der Waals surface area (Å²) in [5, 5.41) is 7.34. The molecule has 1 aromatic carbocycles.